The van der Waals surface area contributed by atoms with Crippen LogP contribution in [0.5, 0.6) is 0 Å². The molecule has 1 aliphatic carbocycles. The van der Waals surface area contributed by atoms with Gasteiger partial charge in [-0.25, -0.2) is 0 Å². The van der Waals surface area contributed by atoms with Crippen LogP contribution in [0.3, 0.4) is 0 Å². The number of carbonyl (C=O) groups excluding carboxylic acids is 1. The third-order valence-corrected chi connectivity index (χ3v) is 3.36. The molecule has 0 bridgehead atoms. The largest absolute Gasteiger partial charge is 0.405 e. The Kier molecular flexibility index (Phi) is 3.88. The number of alkyl halides is 3. The van der Waals surface area contributed by atoms with E-state index in [2.05, 4.69) is 10.2 Å². The summed E-state index contributed by atoms with van der Waals surface area (Å²) in [5.41, 5.74) is 5.63. The van der Waals surface area contributed by atoms with Gasteiger partial charge in [-0.3, -0.25) is 9.36 Å². The summed E-state index contributed by atoms with van der Waals surface area (Å²) in [6.45, 7) is -1.33. The third kappa shape index (κ3) is 4.01. The number of nitrogens with one attached hydrogen (secondary N) is 1. The number of nitrogens with zero attached hydrogens (tertiary/aromatic N) is 3. The number of amides is 1. The number of carbonyl (C=O) groups is 1. The lowest BCUT2D eigenvalue weighted by atomic mass is 10.6. The maximum atomic E-state index is 11.9. The highest BCUT2D eigenvalue weighted by atomic mass is 32.2. The Labute approximate surface area is 110 Å². The van der Waals surface area contributed by atoms with Gasteiger partial charge in [0.15, 0.2) is 5.16 Å². The van der Waals surface area contributed by atoms with Crippen molar-refractivity contribution in [2.24, 2.45) is 0 Å². The van der Waals surface area contributed by atoms with Crippen LogP contribution in [0.2, 0.25) is 0 Å². The Balaban J connectivity index is 1.84. The molecule has 0 saturated heterocycles. The summed E-state index contributed by atoms with van der Waals surface area (Å²) < 4.78 is 37.4. The molecule has 1 fully saturated rings. The molecule has 0 unspecified atom stereocenters. The van der Waals surface area contributed by atoms with Crippen LogP contribution in [0.25, 0.3) is 0 Å². The molecule has 0 aromatic carbocycles. The van der Waals surface area contributed by atoms with Crippen molar-refractivity contribution in [1.29, 1.82) is 0 Å². The number of nitrogen functional groups attached to an aromatic ring is 1. The van der Waals surface area contributed by atoms with E-state index in [1.807, 2.05) is 0 Å². The van der Waals surface area contributed by atoms with E-state index in [0.29, 0.717) is 5.16 Å². The van der Waals surface area contributed by atoms with E-state index in [4.69, 9.17) is 5.73 Å². The van der Waals surface area contributed by atoms with Crippen LogP contribution < -0.4 is 11.1 Å². The molecule has 1 aromatic heterocycles. The molecular weight excluding hydrogens is 283 g/mol. The summed E-state index contributed by atoms with van der Waals surface area (Å²) in [5.74, 6) is -0.590. The minimum absolute atomic E-state index is 0.152. The van der Waals surface area contributed by atoms with Gasteiger partial charge >= 0.3 is 6.18 Å². The van der Waals surface area contributed by atoms with E-state index in [9.17, 15) is 18.0 Å². The van der Waals surface area contributed by atoms with Gasteiger partial charge in [0, 0.05) is 6.04 Å². The average molecular weight is 295 g/mol. The van der Waals surface area contributed by atoms with Crippen molar-refractivity contribution in [2.75, 3.05) is 18.0 Å². The van der Waals surface area contributed by atoms with Crippen molar-refractivity contribution in [3.63, 3.8) is 0 Å². The highest BCUT2D eigenvalue weighted by Gasteiger charge is 2.30. The van der Waals surface area contributed by atoms with E-state index >= 15 is 0 Å². The lowest BCUT2D eigenvalue weighted by Crippen LogP contribution is -2.34. The second kappa shape index (κ2) is 5.27. The summed E-state index contributed by atoms with van der Waals surface area (Å²) in [6, 6.07) is 0.246. The zero-order chi connectivity index (χ0) is 14.0. The molecule has 0 aliphatic heterocycles. The first-order chi connectivity index (χ1) is 8.87. The molecule has 0 spiro atoms. The van der Waals surface area contributed by atoms with Crippen molar-refractivity contribution >= 4 is 23.6 Å². The van der Waals surface area contributed by atoms with Crippen LogP contribution in [-0.2, 0) is 4.79 Å². The average Bonchev–Trinajstić information content (AvgIpc) is 3.08. The molecule has 1 saturated carbocycles. The van der Waals surface area contributed by atoms with E-state index in [1.54, 1.807) is 9.88 Å². The number of nitrogens with two attached hydrogens (primary N) is 1. The van der Waals surface area contributed by atoms with Gasteiger partial charge in [0.05, 0.1) is 5.75 Å². The normalized spacial score (nSPS) is 15.5. The highest BCUT2D eigenvalue weighted by molar-refractivity contribution is 7.99. The molecule has 1 aliphatic rings. The van der Waals surface area contributed by atoms with Gasteiger partial charge in [0.2, 0.25) is 11.9 Å². The fourth-order valence-corrected chi connectivity index (χ4v) is 2.29. The first-order valence-electron chi connectivity index (χ1n) is 5.53. The maximum absolute atomic E-state index is 11.9. The third-order valence-electron chi connectivity index (χ3n) is 2.42. The summed E-state index contributed by atoms with van der Waals surface area (Å²) in [5, 5.41) is 9.76. The van der Waals surface area contributed by atoms with Gasteiger partial charge < -0.3 is 11.1 Å². The van der Waals surface area contributed by atoms with Crippen molar-refractivity contribution in [2.45, 2.75) is 30.2 Å². The van der Waals surface area contributed by atoms with Crippen LogP contribution in [0.4, 0.5) is 19.1 Å². The minimum Gasteiger partial charge on any atom is -0.368 e. The molecule has 3 N–H and O–H groups in total. The second-order valence-electron chi connectivity index (χ2n) is 4.12. The monoisotopic (exact) mass is 295 g/mol. The first-order valence-corrected chi connectivity index (χ1v) is 6.52. The Bertz CT molecular complexity index is 471. The van der Waals surface area contributed by atoms with E-state index in [0.717, 1.165) is 24.6 Å². The molecule has 1 heterocycles. The number of halogens is 3. The fraction of sp³-hybridized carbons (Fsp3) is 0.667. The molecule has 2 rings (SSSR count). The van der Waals surface area contributed by atoms with Crippen LogP contribution in [-0.4, -0.2) is 39.1 Å². The van der Waals surface area contributed by atoms with E-state index < -0.39 is 18.6 Å². The fourth-order valence-electron chi connectivity index (χ4n) is 1.44. The molecule has 19 heavy (non-hydrogen) atoms. The number of rotatable bonds is 5. The zero-order valence-electron chi connectivity index (χ0n) is 9.78. The molecule has 6 nitrogen and oxygen atoms in total. The van der Waals surface area contributed by atoms with Crippen molar-refractivity contribution in [3.8, 4) is 0 Å². The minimum atomic E-state index is -4.40. The lowest BCUT2D eigenvalue weighted by Gasteiger charge is -2.08. The molecule has 10 heteroatoms. The number of aromatic nitrogens is 3. The number of hydrogen-bond donors (Lipinski definition) is 2. The predicted molar refractivity (Wildman–Crippen MR) is 62.5 cm³/mol. The molecule has 1 amide bonds. The standard InChI is InChI=1S/C9H12F3N5OS/c10-9(11,12)4-14-6(18)3-19-8-16-15-7(13)17(8)5-1-2-5/h5H,1-4H2,(H2,13,15)(H,14,18). The maximum Gasteiger partial charge on any atom is 0.405 e. The zero-order valence-corrected chi connectivity index (χ0v) is 10.6. The predicted octanol–water partition coefficient (Wildman–Crippen LogP) is 0.966. The van der Waals surface area contributed by atoms with Gasteiger partial charge in [0.1, 0.15) is 6.54 Å². The van der Waals surface area contributed by atoms with Crippen LogP contribution >= 0.6 is 11.8 Å². The molecule has 0 atom stereocenters. The van der Waals surface area contributed by atoms with Gasteiger partial charge in [-0.05, 0) is 12.8 Å². The van der Waals surface area contributed by atoms with E-state index in [-0.39, 0.29) is 17.7 Å². The van der Waals surface area contributed by atoms with Crippen molar-refractivity contribution in [3.05, 3.63) is 0 Å². The molecular formula is C9H12F3N5OS. The summed E-state index contributed by atoms with van der Waals surface area (Å²) in [7, 11) is 0. The molecule has 106 valence electrons. The lowest BCUT2D eigenvalue weighted by molar-refractivity contribution is -0.136. The SMILES string of the molecule is Nc1nnc(SCC(=O)NCC(F)(F)F)n1C1CC1. The van der Waals surface area contributed by atoms with Gasteiger partial charge in [-0.15, -0.1) is 10.2 Å². The summed E-state index contributed by atoms with van der Waals surface area (Å²) >= 11 is 1.02. The summed E-state index contributed by atoms with van der Waals surface area (Å²) in [6.07, 6.45) is -2.47. The van der Waals surface area contributed by atoms with Gasteiger partial charge in [-0.2, -0.15) is 13.2 Å². The Morgan fingerprint density at radius 2 is 2.16 bits per heavy atom. The Hall–Kier alpha value is -1.45. The number of hydrogen-bond acceptors (Lipinski definition) is 5. The smallest absolute Gasteiger partial charge is 0.368 e. The second-order valence-corrected chi connectivity index (χ2v) is 5.07. The topological polar surface area (TPSA) is 85.8 Å². The number of thioether (sulfide) groups is 1. The van der Waals surface area contributed by atoms with Crippen molar-refractivity contribution < 1.29 is 18.0 Å². The van der Waals surface area contributed by atoms with Crippen LogP contribution in [0.1, 0.15) is 18.9 Å². The number of anilines is 1. The quantitative estimate of drug-likeness (QED) is 0.790. The Morgan fingerprint density at radius 1 is 1.47 bits per heavy atom. The van der Waals surface area contributed by atoms with Crippen LogP contribution in [0.15, 0.2) is 5.16 Å². The highest BCUT2D eigenvalue weighted by Crippen LogP contribution is 2.39. The first kappa shape index (κ1) is 14.0. The van der Waals surface area contributed by atoms with Crippen LogP contribution in [0, 0.1) is 0 Å². The Morgan fingerprint density at radius 3 is 2.74 bits per heavy atom. The molecule has 1 aromatic rings. The van der Waals surface area contributed by atoms with Gasteiger partial charge in [0.25, 0.3) is 0 Å². The van der Waals surface area contributed by atoms with Crippen molar-refractivity contribution in [1.82, 2.24) is 20.1 Å². The molecule has 0 radical (unpaired) electrons. The summed E-state index contributed by atoms with van der Waals surface area (Å²) in [4.78, 5) is 11.2. The van der Waals surface area contributed by atoms with E-state index in [1.165, 1.54) is 0 Å². The van der Waals surface area contributed by atoms with Gasteiger partial charge in [-0.1, -0.05) is 11.8 Å².